The summed E-state index contributed by atoms with van der Waals surface area (Å²) in [7, 11) is 1.34. The summed E-state index contributed by atoms with van der Waals surface area (Å²) in [6.45, 7) is 0. The van der Waals surface area contributed by atoms with E-state index in [0.717, 1.165) is 12.4 Å². The van der Waals surface area contributed by atoms with Crippen LogP contribution in [0.1, 0.15) is 0 Å². The van der Waals surface area contributed by atoms with Gasteiger partial charge in [0, 0.05) is 10.8 Å². The number of methoxy groups -OCH3 is 1. The summed E-state index contributed by atoms with van der Waals surface area (Å²) >= 11 is 0. The van der Waals surface area contributed by atoms with Crippen molar-refractivity contribution in [1.82, 2.24) is 0 Å². The number of carbonyl (C=O) groups excluding carboxylic acids is 1. The predicted molar refractivity (Wildman–Crippen MR) is 40.8 cm³/mol. The zero-order chi connectivity index (χ0) is 11.5. The maximum Gasteiger partial charge on any atom is 0.498 e. The van der Waals surface area contributed by atoms with Gasteiger partial charge in [0.2, 0.25) is 6.20 Å². The van der Waals surface area contributed by atoms with E-state index in [-0.39, 0.29) is 5.75 Å². The second kappa shape index (κ2) is 4.16. The molecule has 4 nitrogen and oxygen atoms in total. The van der Waals surface area contributed by atoms with Crippen molar-refractivity contribution in [1.29, 1.82) is 0 Å². The Labute approximate surface area is 82.8 Å². The van der Waals surface area contributed by atoms with Gasteiger partial charge in [-0.15, -0.1) is 0 Å². The molecule has 0 bridgehead atoms. The molecule has 0 saturated heterocycles. The Kier molecular flexibility index (Phi) is 3.13. The van der Waals surface area contributed by atoms with Gasteiger partial charge in [-0.05, 0) is 6.07 Å². The first-order valence-corrected chi connectivity index (χ1v) is 3.78. The third-order valence-corrected chi connectivity index (χ3v) is 1.40. The number of halogens is 3. The van der Waals surface area contributed by atoms with Crippen LogP contribution in [0.25, 0.3) is 0 Å². The summed E-state index contributed by atoms with van der Waals surface area (Å²) in [5.41, 5.74) is 0. The highest BCUT2D eigenvalue weighted by atomic mass is 19.4. The quantitative estimate of drug-likeness (QED) is 0.684. The molecule has 0 aliphatic heterocycles. The van der Waals surface area contributed by atoms with E-state index in [9.17, 15) is 18.0 Å². The van der Waals surface area contributed by atoms with Gasteiger partial charge in [0.05, 0.1) is 7.11 Å². The standard InChI is InChI=1S/C8H7F3NO3/c1-14-6-3-2-4-12(5-6)15-7(13)8(9,10)11/h2-5H,1H3/q+1. The van der Waals surface area contributed by atoms with Crippen LogP contribution in [0, 0.1) is 0 Å². The Bertz CT molecular complexity index is 364. The van der Waals surface area contributed by atoms with Crippen LogP contribution in [-0.4, -0.2) is 19.3 Å². The number of carbonyl (C=O) groups is 1. The van der Waals surface area contributed by atoms with E-state index in [0.29, 0.717) is 4.73 Å². The molecule has 1 heterocycles. The minimum Gasteiger partial charge on any atom is -0.491 e. The van der Waals surface area contributed by atoms with Gasteiger partial charge in [0.25, 0.3) is 6.20 Å². The fourth-order valence-corrected chi connectivity index (χ4v) is 0.759. The lowest BCUT2D eigenvalue weighted by Gasteiger charge is -2.01. The molecule has 7 heteroatoms. The molecule has 0 radical (unpaired) electrons. The highest BCUT2D eigenvalue weighted by molar-refractivity contribution is 5.75. The van der Waals surface area contributed by atoms with Crippen molar-refractivity contribution in [3.8, 4) is 5.75 Å². The van der Waals surface area contributed by atoms with E-state index < -0.39 is 12.1 Å². The van der Waals surface area contributed by atoms with Gasteiger partial charge in [-0.25, -0.2) is 4.79 Å². The van der Waals surface area contributed by atoms with Crippen molar-refractivity contribution >= 4 is 5.97 Å². The summed E-state index contributed by atoms with van der Waals surface area (Å²) < 4.78 is 40.7. The lowest BCUT2D eigenvalue weighted by atomic mass is 10.5. The second-order valence-electron chi connectivity index (χ2n) is 2.48. The maximum atomic E-state index is 11.8. The fraction of sp³-hybridized carbons (Fsp3) is 0.250. The Morgan fingerprint density at radius 2 is 2.13 bits per heavy atom. The molecule has 15 heavy (non-hydrogen) atoms. The molecule has 0 fully saturated rings. The van der Waals surface area contributed by atoms with Crippen LogP contribution in [0.2, 0.25) is 0 Å². The molecule has 0 atom stereocenters. The molecule has 82 valence electrons. The van der Waals surface area contributed by atoms with Crippen molar-refractivity contribution in [2.45, 2.75) is 6.18 Å². The average molecular weight is 222 g/mol. The Hall–Kier alpha value is -1.79. The van der Waals surface area contributed by atoms with Crippen LogP contribution in [0.5, 0.6) is 5.75 Å². The Morgan fingerprint density at radius 1 is 1.47 bits per heavy atom. The Balaban J connectivity index is 2.77. The monoisotopic (exact) mass is 222 g/mol. The number of hydrogen-bond donors (Lipinski definition) is 0. The Morgan fingerprint density at radius 3 is 2.67 bits per heavy atom. The molecular formula is C8H7F3NO3+. The zero-order valence-electron chi connectivity index (χ0n) is 7.62. The molecule has 0 aliphatic carbocycles. The number of hydrogen-bond acceptors (Lipinski definition) is 3. The lowest BCUT2D eigenvalue weighted by Crippen LogP contribution is -2.49. The topological polar surface area (TPSA) is 39.4 Å². The van der Waals surface area contributed by atoms with Gasteiger partial charge in [0.1, 0.15) is 0 Å². The van der Waals surface area contributed by atoms with Crippen LogP contribution < -0.4 is 14.3 Å². The number of nitrogens with zero attached hydrogens (tertiary/aromatic N) is 1. The normalized spacial score (nSPS) is 10.9. The summed E-state index contributed by atoms with van der Waals surface area (Å²) in [5, 5.41) is 0. The first-order valence-electron chi connectivity index (χ1n) is 3.78. The van der Waals surface area contributed by atoms with E-state index in [4.69, 9.17) is 4.74 Å². The van der Waals surface area contributed by atoms with Crippen molar-refractivity contribution in [2.24, 2.45) is 0 Å². The number of rotatable bonds is 2. The summed E-state index contributed by atoms with van der Waals surface area (Å²) in [6.07, 6.45) is -2.77. The van der Waals surface area contributed by atoms with E-state index in [2.05, 4.69) is 4.84 Å². The van der Waals surface area contributed by atoms with Gasteiger partial charge < -0.3 is 4.74 Å². The molecule has 0 saturated carbocycles. The molecule has 1 aromatic heterocycles. The molecule has 0 aliphatic rings. The number of pyridine rings is 1. The van der Waals surface area contributed by atoms with Crippen LogP contribution in [-0.2, 0) is 4.79 Å². The van der Waals surface area contributed by atoms with Crippen LogP contribution in [0.4, 0.5) is 13.2 Å². The smallest absolute Gasteiger partial charge is 0.491 e. The first-order chi connectivity index (χ1) is 6.93. The fourth-order valence-electron chi connectivity index (χ4n) is 0.759. The molecule has 1 aromatic rings. The molecule has 0 unspecified atom stereocenters. The van der Waals surface area contributed by atoms with Crippen molar-refractivity contribution in [2.75, 3.05) is 7.11 Å². The van der Waals surface area contributed by atoms with Gasteiger partial charge in [0.15, 0.2) is 5.75 Å². The van der Waals surface area contributed by atoms with E-state index in [1.807, 2.05) is 0 Å². The predicted octanol–water partition coefficient (Wildman–Crippen LogP) is 0.500. The molecule has 0 N–H and O–H groups in total. The van der Waals surface area contributed by atoms with Crippen LogP contribution >= 0.6 is 0 Å². The first kappa shape index (κ1) is 11.3. The summed E-state index contributed by atoms with van der Waals surface area (Å²) in [5.74, 6) is -2.02. The van der Waals surface area contributed by atoms with Crippen LogP contribution in [0.3, 0.4) is 0 Å². The molecule has 0 spiro atoms. The molecule has 0 aromatic carbocycles. The van der Waals surface area contributed by atoms with E-state index >= 15 is 0 Å². The number of alkyl halides is 3. The van der Waals surface area contributed by atoms with Crippen molar-refractivity contribution in [3.05, 3.63) is 24.5 Å². The number of aromatic nitrogens is 1. The van der Waals surface area contributed by atoms with Gasteiger partial charge >= 0.3 is 12.1 Å². The maximum absolute atomic E-state index is 11.8. The third kappa shape index (κ3) is 3.12. The molecule has 0 amide bonds. The largest absolute Gasteiger partial charge is 0.498 e. The SMILES string of the molecule is COc1ccc[n+](OC(=O)C(F)(F)F)c1. The highest BCUT2D eigenvalue weighted by Crippen LogP contribution is 2.14. The zero-order valence-corrected chi connectivity index (χ0v) is 7.62. The molecule has 1 rings (SSSR count). The van der Waals surface area contributed by atoms with Gasteiger partial charge in [-0.2, -0.15) is 18.0 Å². The van der Waals surface area contributed by atoms with Crippen molar-refractivity contribution < 1.29 is 32.3 Å². The highest BCUT2D eigenvalue weighted by Gasteiger charge is 2.44. The van der Waals surface area contributed by atoms with Crippen LogP contribution in [0.15, 0.2) is 24.5 Å². The minimum absolute atomic E-state index is 0.271. The van der Waals surface area contributed by atoms with Gasteiger partial charge in [-0.1, -0.05) is 0 Å². The summed E-state index contributed by atoms with van der Waals surface area (Å²) in [6, 6.07) is 2.88. The third-order valence-electron chi connectivity index (χ3n) is 1.40. The van der Waals surface area contributed by atoms with Crippen molar-refractivity contribution in [3.63, 3.8) is 0 Å². The summed E-state index contributed by atoms with van der Waals surface area (Å²) in [4.78, 5) is 14.4. The molecular weight excluding hydrogens is 215 g/mol. The lowest BCUT2D eigenvalue weighted by molar-refractivity contribution is -0.871. The minimum atomic E-state index is -5.02. The number of ether oxygens (including phenoxy) is 1. The van der Waals surface area contributed by atoms with Gasteiger partial charge in [-0.3, -0.25) is 0 Å². The average Bonchev–Trinajstić information content (AvgIpc) is 2.16. The van der Waals surface area contributed by atoms with E-state index in [1.54, 1.807) is 0 Å². The van der Waals surface area contributed by atoms with E-state index in [1.165, 1.54) is 19.2 Å². The second-order valence-corrected chi connectivity index (χ2v) is 2.48.